The lowest BCUT2D eigenvalue weighted by atomic mass is 9.93. The number of ether oxygens (including phenoxy) is 1. The zero-order chi connectivity index (χ0) is 15.5. The van der Waals surface area contributed by atoms with Gasteiger partial charge in [0.05, 0.1) is 13.1 Å². The highest BCUT2D eigenvalue weighted by molar-refractivity contribution is 9.10. The molecule has 0 bridgehead atoms. The molecule has 1 unspecified atom stereocenters. The molecule has 6 heteroatoms. The Kier molecular flexibility index (Phi) is 4.88. The minimum atomic E-state index is -0.796. The van der Waals surface area contributed by atoms with Crippen molar-refractivity contribution in [2.24, 2.45) is 0 Å². The minimum Gasteiger partial charge on any atom is -0.492 e. The fourth-order valence-electron chi connectivity index (χ4n) is 2.37. The molecular formula is C15H19BrN2O3. The molecule has 114 valence electrons. The molecule has 1 saturated heterocycles. The fraction of sp³-hybridized carbons (Fsp3) is 0.467. The highest BCUT2D eigenvalue weighted by Gasteiger charge is 2.43. The van der Waals surface area contributed by atoms with Crippen molar-refractivity contribution in [1.29, 1.82) is 0 Å². The van der Waals surface area contributed by atoms with Crippen LogP contribution in [0.3, 0.4) is 0 Å². The summed E-state index contributed by atoms with van der Waals surface area (Å²) in [5, 5.41) is 2.64. The molecule has 2 rings (SSSR count). The van der Waals surface area contributed by atoms with E-state index >= 15 is 0 Å². The predicted molar refractivity (Wildman–Crippen MR) is 83.1 cm³/mol. The first-order valence-electron chi connectivity index (χ1n) is 6.94. The molecule has 1 aliphatic rings. The third-order valence-electron chi connectivity index (χ3n) is 3.85. The number of amides is 2. The van der Waals surface area contributed by atoms with E-state index in [0.29, 0.717) is 19.6 Å². The van der Waals surface area contributed by atoms with Crippen LogP contribution < -0.4 is 10.1 Å². The van der Waals surface area contributed by atoms with E-state index in [1.54, 1.807) is 11.8 Å². The first-order valence-corrected chi connectivity index (χ1v) is 7.74. The Labute approximate surface area is 132 Å². The van der Waals surface area contributed by atoms with E-state index in [-0.39, 0.29) is 18.4 Å². The van der Waals surface area contributed by atoms with Crippen molar-refractivity contribution in [2.45, 2.75) is 25.8 Å². The molecule has 0 aromatic heterocycles. The van der Waals surface area contributed by atoms with Crippen LogP contribution >= 0.6 is 15.9 Å². The number of rotatable bonds is 5. The zero-order valence-corrected chi connectivity index (χ0v) is 13.8. The lowest BCUT2D eigenvalue weighted by Gasteiger charge is -2.42. The van der Waals surface area contributed by atoms with Gasteiger partial charge in [0, 0.05) is 4.47 Å². The van der Waals surface area contributed by atoms with Crippen LogP contribution in [0.25, 0.3) is 0 Å². The molecule has 1 atom stereocenters. The molecule has 5 nitrogen and oxygen atoms in total. The van der Waals surface area contributed by atoms with Crippen LogP contribution in [0.15, 0.2) is 28.7 Å². The monoisotopic (exact) mass is 354 g/mol. The van der Waals surface area contributed by atoms with E-state index < -0.39 is 5.54 Å². The van der Waals surface area contributed by atoms with Crippen molar-refractivity contribution in [1.82, 2.24) is 10.2 Å². The standard InChI is InChI=1S/C15H19BrN2O3/c1-3-15(2)14(20)17-10-13(19)18(15)7-8-21-12-6-4-5-11(16)9-12/h4-6,9H,3,7-8,10H2,1-2H3,(H,17,20). The summed E-state index contributed by atoms with van der Waals surface area (Å²) in [5.74, 6) is 0.556. The van der Waals surface area contributed by atoms with Gasteiger partial charge in [-0.3, -0.25) is 9.59 Å². The second-order valence-electron chi connectivity index (χ2n) is 5.16. The number of nitrogens with zero attached hydrogens (tertiary/aromatic N) is 1. The second-order valence-corrected chi connectivity index (χ2v) is 6.08. The van der Waals surface area contributed by atoms with Crippen molar-refractivity contribution in [3.63, 3.8) is 0 Å². The molecule has 0 spiro atoms. The Morgan fingerprint density at radius 1 is 1.43 bits per heavy atom. The van der Waals surface area contributed by atoms with E-state index in [0.717, 1.165) is 10.2 Å². The zero-order valence-electron chi connectivity index (χ0n) is 12.2. The molecule has 1 aromatic carbocycles. The topological polar surface area (TPSA) is 58.6 Å². The number of benzene rings is 1. The van der Waals surface area contributed by atoms with Crippen molar-refractivity contribution in [2.75, 3.05) is 19.7 Å². The van der Waals surface area contributed by atoms with Crippen molar-refractivity contribution < 1.29 is 14.3 Å². The fourth-order valence-corrected chi connectivity index (χ4v) is 2.75. The Bertz CT molecular complexity index is 549. The predicted octanol–water partition coefficient (Wildman–Crippen LogP) is 1.95. The average Bonchev–Trinajstić information content (AvgIpc) is 2.47. The average molecular weight is 355 g/mol. The summed E-state index contributed by atoms with van der Waals surface area (Å²) >= 11 is 3.38. The first kappa shape index (κ1) is 15.8. The van der Waals surface area contributed by atoms with Crippen molar-refractivity contribution in [3.8, 4) is 5.75 Å². The molecule has 0 radical (unpaired) electrons. The lowest BCUT2D eigenvalue weighted by Crippen LogP contribution is -2.66. The highest BCUT2D eigenvalue weighted by Crippen LogP contribution is 2.23. The van der Waals surface area contributed by atoms with Crippen LogP contribution in [0.1, 0.15) is 20.3 Å². The number of carbonyl (C=O) groups excluding carboxylic acids is 2. The van der Waals surface area contributed by atoms with E-state index in [1.165, 1.54) is 0 Å². The number of hydrogen-bond acceptors (Lipinski definition) is 3. The molecule has 21 heavy (non-hydrogen) atoms. The Balaban J connectivity index is 2.00. The highest BCUT2D eigenvalue weighted by atomic mass is 79.9. The van der Waals surface area contributed by atoms with Gasteiger partial charge in [0.25, 0.3) is 0 Å². The van der Waals surface area contributed by atoms with Crippen LogP contribution in [0.4, 0.5) is 0 Å². The largest absolute Gasteiger partial charge is 0.492 e. The number of hydrogen-bond donors (Lipinski definition) is 1. The van der Waals surface area contributed by atoms with E-state index in [9.17, 15) is 9.59 Å². The van der Waals surface area contributed by atoms with Crippen LogP contribution in [-0.2, 0) is 9.59 Å². The molecular weight excluding hydrogens is 336 g/mol. The normalized spacial score (nSPS) is 22.1. The van der Waals surface area contributed by atoms with Crippen LogP contribution in [0, 0.1) is 0 Å². The summed E-state index contributed by atoms with van der Waals surface area (Å²) < 4.78 is 6.59. The van der Waals surface area contributed by atoms with Gasteiger partial charge in [0.2, 0.25) is 11.8 Å². The Hall–Kier alpha value is -1.56. The molecule has 1 N–H and O–H groups in total. The smallest absolute Gasteiger partial charge is 0.246 e. The molecule has 2 amide bonds. The molecule has 0 aliphatic carbocycles. The quantitative estimate of drug-likeness (QED) is 0.879. The van der Waals surface area contributed by atoms with Crippen molar-refractivity contribution in [3.05, 3.63) is 28.7 Å². The van der Waals surface area contributed by atoms with Gasteiger partial charge in [-0.25, -0.2) is 0 Å². The third kappa shape index (κ3) is 3.37. The van der Waals surface area contributed by atoms with E-state index in [2.05, 4.69) is 21.2 Å². The summed E-state index contributed by atoms with van der Waals surface area (Å²) in [6.45, 7) is 4.50. The molecule has 1 aliphatic heterocycles. The second kappa shape index (κ2) is 6.47. The number of piperazine rings is 1. The van der Waals surface area contributed by atoms with Gasteiger partial charge in [-0.05, 0) is 31.5 Å². The van der Waals surface area contributed by atoms with E-state index in [1.807, 2.05) is 31.2 Å². The molecule has 1 fully saturated rings. The van der Waals surface area contributed by atoms with Crippen LogP contribution in [-0.4, -0.2) is 41.9 Å². The maximum absolute atomic E-state index is 12.1. The van der Waals surface area contributed by atoms with Gasteiger partial charge in [0.15, 0.2) is 0 Å². The van der Waals surface area contributed by atoms with Gasteiger partial charge in [-0.15, -0.1) is 0 Å². The summed E-state index contributed by atoms with van der Waals surface area (Å²) in [7, 11) is 0. The molecule has 1 aromatic rings. The lowest BCUT2D eigenvalue weighted by molar-refractivity contribution is -0.153. The van der Waals surface area contributed by atoms with Crippen LogP contribution in [0.5, 0.6) is 5.75 Å². The third-order valence-corrected chi connectivity index (χ3v) is 4.35. The number of halogens is 1. The van der Waals surface area contributed by atoms with E-state index in [4.69, 9.17) is 4.74 Å². The van der Waals surface area contributed by atoms with Crippen LogP contribution in [0.2, 0.25) is 0 Å². The summed E-state index contributed by atoms with van der Waals surface area (Å²) in [6.07, 6.45) is 0.571. The number of nitrogens with one attached hydrogen (secondary N) is 1. The van der Waals surface area contributed by atoms with Gasteiger partial charge in [-0.2, -0.15) is 0 Å². The Morgan fingerprint density at radius 3 is 2.86 bits per heavy atom. The Morgan fingerprint density at radius 2 is 2.19 bits per heavy atom. The minimum absolute atomic E-state index is 0.0608. The van der Waals surface area contributed by atoms with Gasteiger partial charge in [-0.1, -0.05) is 28.9 Å². The summed E-state index contributed by atoms with van der Waals surface area (Å²) in [4.78, 5) is 25.7. The number of carbonyl (C=O) groups is 2. The molecule has 1 heterocycles. The van der Waals surface area contributed by atoms with Gasteiger partial charge >= 0.3 is 0 Å². The molecule has 0 saturated carbocycles. The summed E-state index contributed by atoms with van der Waals surface area (Å²) in [5.41, 5.74) is -0.796. The SMILES string of the molecule is CCC1(C)C(=O)NCC(=O)N1CCOc1cccc(Br)c1. The first-order chi connectivity index (χ1) is 9.97. The maximum Gasteiger partial charge on any atom is 0.246 e. The van der Waals surface area contributed by atoms with Crippen molar-refractivity contribution >= 4 is 27.7 Å². The summed E-state index contributed by atoms with van der Waals surface area (Å²) in [6, 6.07) is 7.52. The van der Waals surface area contributed by atoms with Gasteiger partial charge < -0.3 is 15.0 Å². The maximum atomic E-state index is 12.1. The van der Waals surface area contributed by atoms with Gasteiger partial charge in [0.1, 0.15) is 17.9 Å².